The van der Waals surface area contributed by atoms with Gasteiger partial charge in [-0.3, -0.25) is 9.69 Å². The number of pyridine rings is 1. The van der Waals surface area contributed by atoms with E-state index in [4.69, 9.17) is 21.7 Å². The van der Waals surface area contributed by atoms with Crippen LogP contribution in [0.5, 0.6) is 5.75 Å². The third kappa shape index (κ3) is 7.18. The molecule has 0 saturated carbocycles. The van der Waals surface area contributed by atoms with E-state index in [1.54, 1.807) is 0 Å². The Hall–Kier alpha value is -2.16. The highest BCUT2D eigenvalue weighted by Gasteiger charge is 2.16. The summed E-state index contributed by atoms with van der Waals surface area (Å²) in [5.74, 6) is 1.29. The highest BCUT2D eigenvalue weighted by Crippen LogP contribution is 2.20. The number of hydrogen-bond acceptors (Lipinski definition) is 5. The first kappa shape index (κ1) is 24.5. The second-order valence-corrected chi connectivity index (χ2v) is 9.00. The van der Waals surface area contributed by atoms with E-state index in [9.17, 15) is 4.79 Å². The molecular formula is C24H36N4O3S. The third-order valence-electron chi connectivity index (χ3n) is 5.52. The molecule has 1 aliphatic heterocycles. The molecule has 2 aromatic rings. The number of hydrogen-bond donors (Lipinski definition) is 2. The molecule has 0 unspecified atom stereocenters. The van der Waals surface area contributed by atoms with Gasteiger partial charge in [-0.25, -0.2) is 0 Å². The van der Waals surface area contributed by atoms with Gasteiger partial charge < -0.3 is 24.7 Å². The molecule has 0 aliphatic carbocycles. The van der Waals surface area contributed by atoms with Crippen molar-refractivity contribution in [1.82, 2.24) is 20.1 Å². The van der Waals surface area contributed by atoms with Crippen LogP contribution in [-0.4, -0.2) is 72.4 Å². The first-order chi connectivity index (χ1) is 15.5. The maximum atomic E-state index is 12.8. The summed E-state index contributed by atoms with van der Waals surface area (Å²) >= 11 is 5.71. The fraction of sp³-hybridized carbons (Fsp3) is 0.583. The quantitative estimate of drug-likeness (QED) is 0.528. The number of ether oxygens (including phenoxy) is 2. The summed E-state index contributed by atoms with van der Waals surface area (Å²) in [7, 11) is 0. The number of aromatic amines is 1. The van der Waals surface area contributed by atoms with Crippen LogP contribution >= 0.6 is 12.2 Å². The van der Waals surface area contributed by atoms with Gasteiger partial charge in [-0.15, -0.1) is 0 Å². The summed E-state index contributed by atoms with van der Waals surface area (Å²) in [6, 6.07) is 7.69. The minimum atomic E-state index is -0.0773. The van der Waals surface area contributed by atoms with Crippen LogP contribution in [-0.2, 0) is 11.3 Å². The Morgan fingerprint density at radius 2 is 2.09 bits per heavy atom. The van der Waals surface area contributed by atoms with Crippen LogP contribution in [0.2, 0.25) is 0 Å². The first-order valence-corrected chi connectivity index (χ1v) is 12.0. The van der Waals surface area contributed by atoms with Crippen LogP contribution in [0.1, 0.15) is 32.8 Å². The minimum absolute atomic E-state index is 0.0773. The van der Waals surface area contributed by atoms with Crippen molar-refractivity contribution in [3.8, 4) is 5.75 Å². The standard InChI is InChI=1S/C24H36N4O3S/c1-4-31-21-6-7-22-19(15-21)14-20(23(29)26-22)17-28(24(32)25-16-18(2)3)9-5-8-27-10-12-30-13-11-27/h6-7,14-15,18H,4-5,8-13,16-17H2,1-3H3,(H,25,32)(H,26,29). The van der Waals surface area contributed by atoms with Crippen LogP contribution in [0.25, 0.3) is 10.9 Å². The normalized spacial score (nSPS) is 14.6. The second-order valence-electron chi connectivity index (χ2n) is 8.61. The SMILES string of the molecule is CCOc1ccc2[nH]c(=O)c(CN(CCCN3CCOCC3)C(=S)NCC(C)C)cc2c1. The highest BCUT2D eigenvalue weighted by molar-refractivity contribution is 7.80. The molecule has 176 valence electrons. The number of benzene rings is 1. The fourth-order valence-corrected chi connectivity index (χ4v) is 4.01. The molecule has 8 heteroatoms. The Morgan fingerprint density at radius 3 is 2.81 bits per heavy atom. The highest BCUT2D eigenvalue weighted by atomic mass is 32.1. The lowest BCUT2D eigenvalue weighted by molar-refractivity contribution is 0.0367. The minimum Gasteiger partial charge on any atom is -0.494 e. The molecule has 0 bridgehead atoms. The number of H-pyrrole nitrogens is 1. The van der Waals surface area contributed by atoms with E-state index < -0.39 is 0 Å². The molecule has 2 heterocycles. The van der Waals surface area contributed by atoms with Crippen LogP contribution < -0.4 is 15.6 Å². The van der Waals surface area contributed by atoms with Gasteiger partial charge in [0.1, 0.15) is 5.75 Å². The topological polar surface area (TPSA) is 69.8 Å². The number of morpholine rings is 1. The Labute approximate surface area is 196 Å². The number of fused-ring (bicyclic) bond motifs is 1. The van der Waals surface area contributed by atoms with E-state index in [0.717, 1.165) is 69.0 Å². The maximum absolute atomic E-state index is 12.8. The number of aromatic nitrogens is 1. The van der Waals surface area contributed by atoms with Crippen LogP contribution in [0.15, 0.2) is 29.1 Å². The summed E-state index contributed by atoms with van der Waals surface area (Å²) in [6.45, 7) is 13.5. The molecule has 0 spiro atoms. The molecule has 7 nitrogen and oxygen atoms in total. The summed E-state index contributed by atoms with van der Waals surface area (Å²) < 4.78 is 11.1. The number of rotatable bonds is 10. The zero-order chi connectivity index (χ0) is 22.9. The summed E-state index contributed by atoms with van der Waals surface area (Å²) in [5, 5.41) is 5.02. The lowest BCUT2D eigenvalue weighted by atomic mass is 10.1. The van der Waals surface area contributed by atoms with E-state index in [2.05, 4.69) is 33.9 Å². The van der Waals surface area contributed by atoms with E-state index in [0.29, 0.717) is 29.7 Å². The van der Waals surface area contributed by atoms with Crippen molar-refractivity contribution in [2.75, 3.05) is 52.5 Å². The molecule has 32 heavy (non-hydrogen) atoms. The van der Waals surface area contributed by atoms with Gasteiger partial charge in [-0.05, 0) is 55.7 Å². The van der Waals surface area contributed by atoms with Crippen LogP contribution in [0, 0.1) is 5.92 Å². The first-order valence-electron chi connectivity index (χ1n) is 11.6. The van der Waals surface area contributed by atoms with Gasteiger partial charge in [-0.2, -0.15) is 0 Å². The zero-order valence-electron chi connectivity index (χ0n) is 19.5. The van der Waals surface area contributed by atoms with Crippen molar-refractivity contribution < 1.29 is 9.47 Å². The second kappa shape index (κ2) is 12.2. The molecule has 1 fully saturated rings. The maximum Gasteiger partial charge on any atom is 0.253 e. The summed E-state index contributed by atoms with van der Waals surface area (Å²) in [5.41, 5.74) is 1.43. The van der Waals surface area contributed by atoms with Gasteiger partial charge >= 0.3 is 0 Å². The lowest BCUT2D eigenvalue weighted by Crippen LogP contribution is -2.43. The molecule has 1 aliphatic rings. The van der Waals surface area contributed by atoms with Crippen molar-refractivity contribution in [3.05, 3.63) is 40.2 Å². The van der Waals surface area contributed by atoms with Gasteiger partial charge in [0.05, 0.1) is 26.4 Å². The average Bonchev–Trinajstić information content (AvgIpc) is 2.78. The van der Waals surface area contributed by atoms with E-state index in [1.165, 1.54) is 0 Å². The van der Waals surface area contributed by atoms with Crippen molar-refractivity contribution in [3.63, 3.8) is 0 Å². The van der Waals surface area contributed by atoms with Crippen molar-refractivity contribution >= 4 is 28.2 Å². The lowest BCUT2D eigenvalue weighted by Gasteiger charge is -2.30. The molecule has 1 aromatic heterocycles. The molecule has 1 aromatic carbocycles. The fourth-order valence-electron chi connectivity index (χ4n) is 3.78. The van der Waals surface area contributed by atoms with Crippen molar-refractivity contribution in [1.29, 1.82) is 0 Å². The number of nitrogens with one attached hydrogen (secondary N) is 2. The molecule has 2 N–H and O–H groups in total. The molecule has 3 rings (SSSR count). The van der Waals surface area contributed by atoms with Crippen LogP contribution in [0.3, 0.4) is 0 Å². The number of nitrogens with zero attached hydrogens (tertiary/aromatic N) is 2. The molecule has 0 amide bonds. The smallest absolute Gasteiger partial charge is 0.253 e. The van der Waals surface area contributed by atoms with Crippen molar-refractivity contribution in [2.45, 2.75) is 33.7 Å². The molecule has 1 saturated heterocycles. The van der Waals surface area contributed by atoms with E-state index in [-0.39, 0.29) is 5.56 Å². The van der Waals surface area contributed by atoms with Crippen LogP contribution in [0.4, 0.5) is 0 Å². The Kier molecular flexibility index (Phi) is 9.32. The van der Waals surface area contributed by atoms with Gasteiger partial charge in [0.2, 0.25) is 0 Å². The Balaban J connectivity index is 1.73. The third-order valence-corrected chi connectivity index (χ3v) is 5.92. The zero-order valence-corrected chi connectivity index (χ0v) is 20.3. The monoisotopic (exact) mass is 460 g/mol. The predicted molar refractivity (Wildman–Crippen MR) is 133 cm³/mol. The molecule has 0 radical (unpaired) electrons. The van der Waals surface area contributed by atoms with E-state index >= 15 is 0 Å². The molecular weight excluding hydrogens is 424 g/mol. The molecule has 0 atom stereocenters. The largest absolute Gasteiger partial charge is 0.494 e. The number of thiocarbonyl (C=S) groups is 1. The van der Waals surface area contributed by atoms with E-state index in [1.807, 2.05) is 31.2 Å². The van der Waals surface area contributed by atoms with Gasteiger partial charge in [0.15, 0.2) is 5.11 Å². The Morgan fingerprint density at radius 1 is 1.31 bits per heavy atom. The van der Waals surface area contributed by atoms with Gasteiger partial charge in [-0.1, -0.05) is 13.8 Å². The average molecular weight is 461 g/mol. The van der Waals surface area contributed by atoms with Crippen molar-refractivity contribution in [2.24, 2.45) is 5.92 Å². The Bertz CT molecular complexity index is 940. The van der Waals surface area contributed by atoms with Gasteiger partial charge in [0, 0.05) is 49.2 Å². The van der Waals surface area contributed by atoms with Gasteiger partial charge in [0.25, 0.3) is 5.56 Å². The summed E-state index contributed by atoms with van der Waals surface area (Å²) in [4.78, 5) is 20.3. The summed E-state index contributed by atoms with van der Waals surface area (Å²) in [6.07, 6.45) is 0.976. The predicted octanol–water partition coefficient (Wildman–Crippen LogP) is 2.98.